The van der Waals surface area contributed by atoms with Crippen LogP contribution in [0.3, 0.4) is 0 Å². The van der Waals surface area contributed by atoms with Crippen LogP contribution in [-0.4, -0.2) is 50.3 Å². The van der Waals surface area contributed by atoms with Gasteiger partial charge in [0.2, 0.25) is 0 Å². The Labute approximate surface area is 183 Å². The van der Waals surface area contributed by atoms with E-state index in [1.165, 1.54) is 0 Å². The van der Waals surface area contributed by atoms with Crippen molar-refractivity contribution >= 4 is 11.9 Å². The van der Waals surface area contributed by atoms with Crippen LogP contribution in [0.4, 0.5) is 0 Å². The Kier molecular flexibility index (Phi) is 7.60. The first-order chi connectivity index (χ1) is 15.0. The van der Waals surface area contributed by atoms with Crippen LogP contribution in [0, 0.1) is 0 Å². The summed E-state index contributed by atoms with van der Waals surface area (Å²) in [5.74, 6) is -0.445. The smallest absolute Gasteiger partial charge is 0.336 e. The maximum atomic E-state index is 13.0. The zero-order valence-corrected chi connectivity index (χ0v) is 18.7. The second-order valence-electron chi connectivity index (χ2n) is 7.54. The van der Waals surface area contributed by atoms with Crippen molar-refractivity contribution in [3.05, 3.63) is 47.3 Å². The lowest BCUT2D eigenvalue weighted by Gasteiger charge is -2.34. The van der Waals surface area contributed by atoms with Gasteiger partial charge in [-0.25, -0.2) is 9.59 Å². The minimum absolute atomic E-state index is 0.241. The second kappa shape index (κ2) is 10.4. The summed E-state index contributed by atoms with van der Waals surface area (Å²) >= 11 is 0. The van der Waals surface area contributed by atoms with Crippen molar-refractivity contribution in [2.45, 2.75) is 51.5 Å². The molecule has 1 aromatic carbocycles. The Morgan fingerprint density at radius 2 is 1.52 bits per heavy atom. The zero-order chi connectivity index (χ0) is 22.4. The summed E-state index contributed by atoms with van der Waals surface area (Å²) in [6.07, 6.45) is 7.92. The topological polar surface area (TPSA) is 74.3 Å². The van der Waals surface area contributed by atoms with E-state index in [9.17, 15) is 9.59 Å². The molecule has 1 aromatic rings. The van der Waals surface area contributed by atoms with Gasteiger partial charge in [0.1, 0.15) is 11.5 Å². The minimum Gasteiger partial charge on any atom is -0.497 e. The van der Waals surface area contributed by atoms with E-state index in [0.29, 0.717) is 28.2 Å². The number of methoxy groups -OCH3 is 2. The van der Waals surface area contributed by atoms with E-state index >= 15 is 0 Å². The third kappa shape index (κ3) is 4.86. The van der Waals surface area contributed by atoms with Crippen molar-refractivity contribution in [2.24, 2.45) is 0 Å². The quantitative estimate of drug-likeness (QED) is 0.580. The van der Waals surface area contributed by atoms with E-state index < -0.39 is 17.9 Å². The minimum atomic E-state index is -0.670. The van der Waals surface area contributed by atoms with Crippen molar-refractivity contribution in [3.63, 3.8) is 0 Å². The van der Waals surface area contributed by atoms with E-state index in [-0.39, 0.29) is 19.3 Å². The molecule has 7 heteroatoms. The van der Waals surface area contributed by atoms with E-state index in [1.807, 2.05) is 23.4 Å². The van der Waals surface area contributed by atoms with Crippen molar-refractivity contribution in [2.75, 3.05) is 27.4 Å². The number of rotatable bonds is 8. The third-order valence-electron chi connectivity index (χ3n) is 5.72. The molecule has 1 aliphatic heterocycles. The average Bonchev–Trinajstić information content (AvgIpc) is 3.33. The molecule has 0 spiro atoms. The number of hydrogen-bond donors (Lipinski definition) is 0. The van der Waals surface area contributed by atoms with Crippen LogP contribution in [-0.2, 0) is 19.1 Å². The molecule has 0 atom stereocenters. The maximum Gasteiger partial charge on any atom is 0.336 e. The monoisotopic (exact) mass is 429 g/mol. The van der Waals surface area contributed by atoms with Gasteiger partial charge in [-0.1, -0.05) is 18.9 Å². The maximum absolute atomic E-state index is 13.0. The van der Waals surface area contributed by atoms with Crippen LogP contribution in [0.2, 0.25) is 0 Å². The Hall–Kier alpha value is -2.96. The van der Waals surface area contributed by atoms with Crippen LogP contribution in [0.5, 0.6) is 11.5 Å². The van der Waals surface area contributed by atoms with Crippen molar-refractivity contribution in [1.82, 2.24) is 4.90 Å². The summed E-state index contributed by atoms with van der Waals surface area (Å²) in [5, 5.41) is 0. The molecule has 0 amide bonds. The van der Waals surface area contributed by atoms with Gasteiger partial charge >= 0.3 is 11.9 Å². The molecular weight excluding hydrogens is 398 g/mol. The normalized spacial score (nSPS) is 17.1. The number of hydrogen-bond acceptors (Lipinski definition) is 7. The molecule has 0 aromatic heterocycles. The predicted octanol–water partition coefficient (Wildman–Crippen LogP) is 3.94. The van der Waals surface area contributed by atoms with Crippen LogP contribution < -0.4 is 9.47 Å². The van der Waals surface area contributed by atoms with E-state index in [0.717, 1.165) is 25.7 Å². The lowest BCUT2D eigenvalue weighted by atomic mass is 9.82. The fourth-order valence-corrected chi connectivity index (χ4v) is 4.25. The van der Waals surface area contributed by atoms with Crippen molar-refractivity contribution in [3.8, 4) is 11.5 Å². The van der Waals surface area contributed by atoms with Crippen LogP contribution >= 0.6 is 0 Å². The molecule has 1 aliphatic carbocycles. The lowest BCUT2D eigenvalue weighted by Crippen LogP contribution is -2.33. The molecule has 31 heavy (non-hydrogen) atoms. The second-order valence-corrected chi connectivity index (χ2v) is 7.54. The summed E-state index contributed by atoms with van der Waals surface area (Å²) in [6, 6.07) is 5.58. The van der Waals surface area contributed by atoms with Crippen molar-refractivity contribution < 1.29 is 28.5 Å². The predicted molar refractivity (Wildman–Crippen MR) is 116 cm³/mol. The van der Waals surface area contributed by atoms with Gasteiger partial charge in [-0.05, 0) is 32.8 Å². The van der Waals surface area contributed by atoms with Gasteiger partial charge in [0.15, 0.2) is 0 Å². The molecular formula is C24H31NO6. The lowest BCUT2D eigenvalue weighted by molar-refractivity contribution is -0.139. The van der Waals surface area contributed by atoms with Gasteiger partial charge in [-0.3, -0.25) is 0 Å². The van der Waals surface area contributed by atoms with Gasteiger partial charge in [0.25, 0.3) is 0 Å². The highest BCUT2D eigenvalue weighted by Gasteiger charge is 2.38. The fourth-order valence-electron chi connectivity index (χ4n) is 4.25. The van der Waals surface area contributed by atoms with Gasteiger partial charge in [0.05, 0.1) is 44.5 Å². The summed E-state index contributed by atoms with van der Waals surface area (Å²) in [4.78, 5) is 28.0. The summed E-state index contributed by atoms with van der Waals surface area (Å²) in [6.45, 7) is 4.01. The Bertz CT molecular complexity index is 833. The van der Waals surface area contributed by atoms with E-state index in [2.05, 4.69) is 0 Å². The highest BCUT2D eigenvalue weighted by Crippen LogP contribution is 2.43. The molecule has 168 valence electrons. The molecule has 3 rings (SSSR count). The molecule has 1 heterocycles. The standard InChI is InChI=1S/C24H31NO6/c1-5-30-23(26)19-14-25(16-9-7-8-10-16)15-20(24(27)31-6-2)22(19)18-12-11-17(28-3)13-21(18)29-4/h11-16,22H,5-10H2,1-4H3. The number of nitrogens with zero attached hydrogens (tertiary/aromatic N) is 1. The largest absolute Gasteiger partial charge is 0.497 e. The van der Waals surface area contributed by atoms with Gasteiger partial charge < -0.3 is 23.8 Å². The average molecular weight is 430 g/mol. The first-order valence-electron chi connectivity index (χ1n) is 10.8. The number of ether oxygens (including phenoxy) is 4. The molecule has 0 radical (unpaired) electrons. The molecule has 1 saturated carbocycles. The molecule has 0 bridgehead atoms. The first-order valence-corrected chi connectivity index (χ1v) is 10.8. The molecule has 1 fully saturated rings. The Morgan fingerprint density at radius 1 is 0.935 bits per heavy atom. The summed E-state index contributed by atoms with van der Waals surface area (Å²) in [7, 11) is 3.12. The number of carbonyl (C=O) groups is 2. The Balaban J connectivity index is 2.15. The van der Waals surface area contributed by atoms with E-state index in [1.54, 1.807) is 40.2 Å². The number of carbonyl (C=O) groups excluding carboxylic acids is 2. The highest BCUT2D eigenvalue weighted by molar-refractivity contribution is 5.99. The van der Waals surface area contributed by atoms with Crippen molar-refractivity contribution in [1.29, 1.82) is 0 Å². The zero-order valence-electron chi connectivity index (χ0n) is 18.7. The molecule has 2 aliphatic rings. The first kappa shape index (κ1) is 22.7. The Morgan fingerprint density at radius 3 is 2.00 bits per heavy atom. The van der Waals surface area contributed by atoms with Crippen LogP contribution in [0.15, 0.2) is 41.7 Å². The highest BCUT2D eigenvalue weighted by atomic mass is 16.5. The van der Waals surface area contributed by atoms with Gasteiger partial charge in [-0.15, -0.1) is 0 Å². The molecule has 7 nitrogen and oxygen atoms in total. The number of benzene rings is 1. The third-order valence-corrected chi connectivity index (χ3v) is 5.72. The fraction of sp³-hybridized carbons (Fsp3) is 0.500. The molecule has 0 N–H and O–H groups in total. The van der Waals surface area contributed by atoms with Gasteiger partial charge in [0, 0.05) is 30.1 Å². The van der Waals surface area contributed by atoms with Crippen LogP contribution in [0.25, 0.3) is 0 Å². The molecule has 0 saturated heterocycles. The van der Waals surface area contributed by atoms with Gasteiger partial charge in [-0.2, -0.15) is 0 Å². The SMILES string of the molecule is CCOC(=O)C1=CN(C2CCCC2)C=C(C(=O)OCC)C1c1ccc(OC)cc1OC. The van der Waals surface area contributed by atoms with Crippen LogP contribution in [0.1, 0.15) is 51.0 Å². The molecule has 0 unspecified atom stereocenters. The van der Waals surface area contributed by atoms with E-state index in [4.69, 9.17) is 18.9 Å². The summed E-state index contributed by atoms with van der Waals surface area (Å²) < 4.78 is 21.6. The number of esters is 2. The summed E-state index contributed by atoms with van der Waals surface area (Å²) in [5.41, 5.74) is 1.46.